The molecular formula is C4H7F3OS. The van der Waals surface area contributed by atoms with Crippen LogP contribution < -0.4 is 0 Å². The van der Waals surface area contributed by atoms with Crippen molar-refractivity contribution < 1.29 is 17.7 Å². The molecular weight excluding hydrogens is 153 g/mol. The van der Waals surface area contributed by atoms with Gasteiger partial charge in [-0.05, 0) is 18.5 Å². The van der Waals surface area contributed by atoms with E-state index in [1.165, 1.54) is 0 Å². The van der Waals surface area contributed by atoms with E-state index in [4.69, 9.17) is 4.55 Å². The summed E-state index contributed by atoms with van der Waals surface area (Å²) < 4.78 is 41.9. The molecule has 0 amide bonds. The van der Waals surface area contributed by atoms with Gasteiger partial charge in [-0.15, -0.1) is 0 Å². The van der Waals surface area contributed by atoms with Crippen LogP contribution in [-0.2, 0) is 0 Å². The minimum absolute atomic E-state index is 0.00926. The van der Waals surface area contributed by atoms with E-state index >= 15 is 0 Å². The van der Waals surface area contributed by atoms with Crippen molar-refractivity contribution in [1.29, 1.82) is 0 Å². The molecule has 1 nitrogen and oxygen atoms in total. The first-order valence-corrected chi connectivity index (χ1v) is 3.33. The smallest absolute Gasteiger partial charge is 0.330 e. The number of hydrogen-bond acceptors (Lipinski definition) is 2. The minimum Gasteiger partial charge on any atom is -0.330 e. The maximum absolute atomic E-state index is 11.3. The molecule has 0 fully saturated rings. The van der Waals surface area contributed by atoms with E-state index in [0.717, 1.165) is 0 Å². The van der Waals surface area contributed by atoms with Crippen LogP contribution in [0, 0.1) is 0 Å². The lowest BCUT2D eigenvalue weighted by Crippen LogP contribution is -2.06. The zero-order valence-corrected chi connectivity index (χ0v) is 5.43. The summed E-state index contributed by atoms with van der Waals surface area (Å²) in [7, 11) is 0. The number of rotatable bonds is 3. The topological polar surface area (TPSA) is 20.2 Å². The second kappa shape index (κ2) is 4.00. The van der Waals surface area contributed by atoms with Crippen molar-refractivity contribution in [2.24, 2.45) is 0 Å². The third kappa shape index (κ3) is 8.10. The van der Waals surface area contributed by atoms with E-state index in [0.29, 0.717) is 12.0 Å². The first kappa shape index (κ1) is 9.10. The van der Waals surface area contributed by atoms with E-state index < -0.39 is 12.6 Å². The highest BCUT2D eigenvalue weighted by atomic mass is 32.2. The molecule has 5 heteroatoms. The van der Waals surface area contributed by atoms with Gasteiger partial charge in [0, 0.05) is 12.2 Å². The van der Waals surface area contributed by atoms with Gasteiger partial charge in [0.05, 0.1) is 0 Å². The molecule has 0 unspecified atom stereocenters. The van der Waals surface area contributed by atoms with E-state index in [9.17, 15) is 13.2 Å². The first-order chi connectivity index (χ1) is 4.06. The Morgan fingerprint density at radius 2 is 1.89 bits per heavy atom. The summed E-state index contributed by atoms with van der Waals surface area (Å²) in [6.45, 7) is 0. The van der Waals surface area contributed by atoms with Crippen LogP contribution in [0.3, 0.4) is 0 Å². The highest BCUT2D eigenvalue weighted by Gasteiger charge is 2.25. The van der Waals surface area contributed by atoms with Gasteiger partial charge < -0.3 is 4.55 Å². The number of alkyl halides is 3. The summed E-state index contributed by atoms with van der Waals surface area (Å²) in [5.41, 5.74) is 0. The van der Waals surface area contributed by atoms with E-state index in [1.807, 2.05) is 0 Å². The zero-order valence-electron chi connectivity index (χ0n) is 4.61. The molecule has 0 aliphatic rings. The molecule has 0 saturated heterocycles. The average Bonchev–Trinajstić information content (AvgIpc) is 1.63. The van der Waals surface area contributed by atoms with Gasteiger partial charge in [0.25, 0.3) is 0 Å². The minimum atomic E-state index is -4.07. The normalized spacial score (nSPS) is 12.0. The molecule has 0 atom stereocenters. The lowest BCUT2D eigenvalue weighted by Gasteiger charge is -2.02. The van der Waals surface area contributed by atoms with Crippen molar-refractivity contribution in [2.45, 2.75) is 19.0 Å². The van der Waals surface area contributed by atoms with Crippen LogP contribution in [0.1, 0.15) is 12.8 Å². The van der Waals surface area contributed by atoms with Gasteiger partial charge in [0.15, 0.2) is 0 Å². The van der Waals surface area contributed by atoms with Crippen molar-refractivity contribution in [2.75, 3.05) is 5.75 Å². The Morgan fingerprint density at radius 1 is 1.33 bits per heavy atom. The molecule has 56 valence electrons. The molecule has 9 heavy (non-hydrogen) atoms. The average molecular weight is 160 g/mol. The molecule has 0 heterocycles. The summed E-state index contributed by atoms with van der Waals surface area (Å²) in [6, 6.07) is 0. The van der Waals surface area contributed by atoms with E-state index in [2.05, 4.69) is 0 Å². The predicted molar refractivity (Wildman–Crippen MR) is 30.4 cm³/mol. The first-order valence-electron chi connectivity index (χ1n) is 2.39. The third-order valence-corrected chi connectivity index (χ3v) is 1.17. The summed E-state index contributed by atoms with van der Waals surface area (Å²) in [5, 5.41) is 0. The molecule has 0 saturated carbocycles. The molecule has 0 spiro atoms. The van der Waals surface area contributed by atoms with Crippen LogP contribution in [0.5, 0.6) is 0 Å². The third-order valence-electron chi connectivity index (χ3n) is 0.696. The Kier molecular flexibility index (Phi) is 4.05. The zero-order chi connectivity index (χ0) is 7.33. The lowest BCUT2D eigenvalue weighted by atomic mass is 10.3. The van der Waals surface area contributed by atoms with Gasteiger partial charge in [-0.3, -0.25) is 0 Å². The van der Waals surface area contributed by atoms with Gasteiger partial charge in [-0.1, -0.05) is 0 Å². The largest absolute Gasteiger partial charge is 0.389 e. The Balaban J connectivity index is 3.07. The van der Waals surface area contributed by atoms with Crippen LogP contribution >= 0.6 is 12.0 Å². The Bertz CT molecular complexity index is 72.7. The summed E-state index contributed by atoms with van der Waals surface area (Å²) >= 11 is 0.442. The standard InChI is InChI=1S/C4H7F3OS/c5-4(6,7)2-1-3-9-8/h8H,1-3H2. The van der Waals surface area contributed by atoms with Crippen molar-refractivity contribution in [1.82, 2.24) is 0 Å². The van der Waals surface area contributed by atoms with Crippen LogP contribution in [0.2, 0.25) is 0 Å². The van der Waals surface area contributed by atoms with Crippen molar-refractivity contribution in [3.05, 3.63) is 0 Å². The van der Waals surface area contributed by atoms with Gasteiger partial charge in [-0.25, -0.2) is 0 Å². The maximum atomic E-state index is 11.3. The Labute approximate surface area is 55.5 Å². The van der Waals surface area contributed by atoms with Gasteiger partial charge >= 0.3 is 6.18 Å². The summed E-state index contributed by atoms with van der Waals surface area (Å²) in [4.78, 5) is 0. The Hall–Kier alpha value is 0.100. The summed E-state index contributed by atoms with van der Waals surface area (Å²) in [6.07, 6.45) is -4.89. The van der Waals surface area contributed by atoms with Crippen LogP contribution in [0.4, 0.5) is 13.2 Å². The second-order valence-corrected chi connectivity index (χ2v) is 2.22. The molecule has 0 radical (unpaired) electrons. The molecule has 0 bridgehead atoms. The molecule has 0 aromatic rings. The molecule has 0 rings (SSSR count). The molecule has 1 N–H and O–H groups in total. The van der Waals surface area contributed by atoms with E-state index in [1.54, 1.807) is 0 Å². The fourth-order valence-electron chi connectivity index (χ4n) is 0.337. The molecule has 0 aromatic carbocycles. The van der Waals surface area contributed by atoms with Crippen molar-refractivity contribution >= 4 is 12.0 Å². The fourth-order valence-corrected chi connectivity index (χ4v) is 0.611. The molecule has 0 aliphatic carbocycles. The van der Waals surface area contributed by atoms with Crippen LogP contribution in [0.25, 0.3) is 0 Å². The highest BCUT2D eigenvalue weighted by molar-refractivity contribution is 7.93. The van der Waals surface area contributed by atoms with Crippen molar-refractivity contribution in [3.63, 3.8) is 0 Å². The quantitative estimate of drug-likeness (QED) is 0.505. The van der Waals surface area contributed by atoms with Crippen molar-refractivity contribution in [3.8, 4) is 0 Å². The SMILES string of the molecule is OSCCCC(F)(F)F. The Morgan fingerprint density at radius 3 is 2.22 bits per heavy atom. The second-order valence-electron chi connectivity index (χ2n) is 1.55. The lowest BCUT2D eigenvalue weighted by molar-refractivity contribution is -0.134. The van der Waals surface area contributed by atoms with Gasteiger partial charge in [-0.2, -0.15) is 13.2 Å². The van der Waals surface area contributed by atoms with Gasteiger partial charge in [0.1, 0.15) is 0 Å². The summed E-state index contributed by atoms with van der Waals surface area (Å²) in [5.74, 6) is 0.152. The molecule has 0 aromatic heterocycles. The number of halogens is 3. The highest BCUT2D eigenvalue weighted by Crippen LogP contribution is 2.21. The van der Waals surface area contributed by atoms with Gasteiger partial charge in [0.2, 0.25) is 0 Å². The predicted octanol–water partition coefficient (Wildman–Crippen LogP) is 2.54. The van der Waals surface area contributed by atoms with Crippen LogP contribution in [0.15, 0.2) is 0 Å². The monoisotopic (exact) mass is 160 g/mol. The van der Waals surface area contributed by atoms with E-state index in [-0.39, 0.29) is 12.2 Å². The maximum Gasteiger partial charge on any atom is 0.389 e. The van der Waals surface area contributed by atoms with Crippen LogP contribution in [-0.4, -0.2) is 16.5 Å². The fraction of sp³-hybridized carbons (Fsp3) is 1.00. The number of hydrogen-bond donors (Lipinski definition) is 1. The molecule has 0 aliphatic heterocycles.